The molecular formula is C14H17N3O2. The third-order valence-corrected chi connectivity index (χ3v) is 2.72. The van der Waals surface area contributed by atoms with E-state index in [2.05, 4.69) is 10.6 Å². The highest BCUT2D eigenvalue weighted by Crippen LogP contribution is 2.18. The van der Waals surface area contributed by atoms with Crippen LogP contribution in [-0.2, 0) is 4.79 Å². The molecule has 1 aromatic rings. The molecule has 3 N–H and O–H groups in total. The van der Waals surface area contributed by atoms with Gasteiger partial charge in [0.05, 0.1) is 6.61 Å². The molecule has 0 aromatic heterocycles. The molecule has 5 nitrogen and oxygen atoms in total. The van der Waals surface area contributed by atoms with Crippen molar-refractivity contribution in [3.8, 4) is 6.07 Å². The summed E-state index contributed by atoms with van der Waals surface area (Å²) >= 11 is 0. The first kappa shape index (κ1) is 14.7. The summed E-state index contributed by atoms with van der Waals surface area (Å²) in [5.41, 5.74) is 2.69. The molecule has 0 atom stereocenters. The van der Waals surface area contributed by atoms with Crippen LogP contribution in [0.15, 0.2) is 30.0 Å². The fraction of sp³-hybridized carbons (Fsp3) is 0.286. The maximum absolute atomic E-state index is 11.9. The number of aliphatic hydroxyl groups is 1. The number of hydrogen-bond acceptors (Lipinski definition) is 4. The van der Waals surface area contributed by atoms with Crippen LogP contribution in [0.4, 0.5) is 5.69 Å². The van der Waals surface area contributed by atoms with E-state index in [0.29, 0.717) is 12.2 Å². The molecule has 0 aliphatic rings. The third kappa shape index (κ3) is 4.12. The second-order valence-corrected chi connectivity index (χ2v) is 4.05. The maximum atomic E-state index is 11.9. The van der Waals surface area contributed by atoms with Crippen molar-refractivity contribution in [3.63, 3.8) is 0 Å². The Morgan fingerprint density at radius 2 is 2.21 bits per heavy atom. The topological polar surface area (TPSA) is 85.2 Å². The minimum Gasteiger partial charge on any atom is -0.395 e. The fourth-order valence-corrected chi connectivity index (χ4v) is 1.46. The van der Waals surface area contributed by atoms with Crippen molar-refractivity contribution >= 4 is 11.6 Å². The number of aryl methyl sites for hydroxylation is 1. The molecule has 0 aliphatic heterocycles. The van der Waals surface area contributed by atoms with Gasteiger partial charge in [0.2, 0.25) is 0 Å². The van der Waals surface area contributed by atoms with E-state index >= 15 is 0 Å². The average Bonchev–Trinajstić information content (AvgIpc) is 2.40. The number of carbonyl (C=O) groups is 1. The molecule has 0 fully saturated rings. The lowest BCUT2D eigenvalue weighted by Crippen LogP contribution is -2.18. The van der Waals surface area contributed by atoms with E-state index in [1.807, 2.05) is 32.0 Å². The lowest BCUT2D eigenvalue weighted by Gasteiger charge is -2.09. The van der Waals surface area contributed by atoms with E-state index in [4.69, 9.17) is 10.4 Å². The van der Waals surface area contributed by atoms with E-state index in [9.17, 15) is 4.79 Å². The van der Waals surface area contributed by atoms with Gasteiger partial charge in [0.25, 0.3) is 5.91 Å². The van der Waals surface area contributed by atoms with Crippen LogP contribution in [0.3, 0.4) is 0 Å². The summed E-state index contributed by atoms with van der Waals surface area (Å²) in [7, 11) is 0. The molecule has 1 rings (SSSR count). The summed E-state index contributed by atoms with van der Waals surface area (Å²) in [6, 6.07) is 7.41. The van der Waals surface area contributed by atoms with Gasteiger partial charge < -0.3 is 15.7 Å². The zero-order chi connectivity index (χ0) is 14.3. The predicted molar refractivity (Wildman–Crippen MR) is 73.3 cm³/mol. The van der Waals surface area contributed by atoms with Crippen molar-refractivity contribution in [2.45, 2.75) is 13.8 Å². The Morgan fingerprint density at radius 1 is 1.47 bits per heavy atom. The number of benzene rings is 1. The van der Waals surface area contributed by atoms with E-state index in [0.717, 1.165) is 11.1 Å². The molecule has 1 amide bonds. The Labute approximate surface area is 112 Å². The van der Waals surface area contributed by atoms with E-state index in [1.165, 1.54) is 6.20 Å². The first-order valence-electron chi connectivity index (χ1n) is 5.92. The number of nitriles is 1. The SMILES string of the molecule is Cc1cccc(NC(=O)/C(C#N)=C\NCCO)c1C. The number of rotatable bonds is 5. The molecule has 100 valence electrons. The van der Waals surface area contributed by atoms with Crippen LogP contribution >= 0.6 is 0 Å². The van der Waals surface area contributed by atoms with Gasteiger partial charge in [-0.1, -0.05) is 12.1 Å². The van der Waals surface area contributed by atoms with Gasteiger partial charge >= 0.3 is 0 Å². The highest BCUT2D eigenvalue weighted by molar-refractivity contribution is 6.06. The highest BCUT2D eigenvalue weighted by Gasteiger charge is 2.10. The predicted octanol–water partition coefficient (Wildman–Crippen LogP) is 1.23. The Kier molecular flexibility index (Phi) is 5.58. The van der Waals surface area contributed by atoms with Crippen LogP contribution in [0, 0.1) is 25.2 Å². The standard InChI is InChI=1S/C14H17N3O2/c1-10-4-3-5-13(11(10)2)17-14(19)12(8-15)9-16-6-7-18/h3-5,9,16,18H,6-7H2,1-2H3,(H,17,19)/b12-9-. The van der Waals surface area contributed by atoms with Gasteiger partial charge in [-0.3, -0.25) is 4.79 Å². The third-order valence-electron chi connectivity index (χ3n) is 2.72. The number of hydrogen-bond donors (Lipinski definition) is 3. The minimum absolute atomic E-state index is 0.0330. The molecule has 0 bridgehead atoms. The van der Waals surface area contributed by atoms with E-state index in [1.54, 1.807) is 6.07 Å². The Morgan fingerprint density at radius 3 is 2.84 bits per heavy atom. The molecule has 0 radical (unpaired) electrons. The molecule has 0 spiro atoms. The zero-order valence-electron chi connectivity index (χ0n) is 11.0. The first-order valence-corrected chi connectivity index (χ1v) is 5.92. The summed E-state index contributed by atoms with van der Waals surface area (Å²) in [5.74, 6) is -0.471. The molecule has 0 heterocycles. The fourth-order valence-electron chi connectivity index (χ4n) is 1.46. The number of nitrogens with zero attached hydrogens (tertiary/aromatic N) is 1. The zero-order valence-corrected chi connectivity index (χ0v) is 11.0. The summed E-state index contributed by atoms with van der Waals surface area (Å²) < 4.78 is 0. The largest absolute Gasteiger partial charge is 0.395 e. The quantitative estimate of drug-likeness (QED) is 0.422. The van der Waals surface area contributed by atoms with Crippen molar-refractivity contribution in [2.75, 3.05) is 18.5 Å². The minimum atomic E-state index is -0.471. The van der Waals surface area contributed by atoms with Gasteiger partial charge in [-0.25, -0.2) is 0 Å². The number of amides is 1. The lowest BCUT2D eigenvalue weighted by atomic mass is 10.1. The Bertz CT molecular complexity index is 530. The van der Waals surface area contributed by atoms with E-state index < -0.39 is 5.91 Å². The van der Waals surface area contributed by atoms with Crippen LogP contribution in [0.1, 0.15) is 11.1 Å². The number of anilines is 1. The smallest absolute Gasteiger partial charge is 0.267 e. The lowest BCUT2D eigenvalue weighted by molar-refractivity contribution is -0.112. The Balaban J connectivity index is 2.81. The molecule has 0 saturated heterocycles. The first-order chi connectivity index (χ1) is 9.10. The van der Waals surface area contributed by atoms with Gasteiger partial charge in [0.15, 0.2) is 0 Å². The molecule has 0 aliphatic carbocycles. The molecule has 19 heavy (non-hydrogen) atoms. The normalized spacial score (nSPS) is 10.7. The number of aliphatic hydroxyl groups excluding tert-OH is 1. The van der Waals surface area contributed by atoms with Crippen LogP contribution in [0.25, 0.3) is 0 Å². The molecular weight excluding hydrogens is 242 g/mol. The van der Waals surface area contributed by atoms with Gasteiger partial charge in [0, 0.05) is 18.4 Å². The Hall–Kier alpha value is -2.32. The van der Waals surface area contributed by atoms with Gasteiger partial charge in [-0.05, 0) is 31.0 Å². The van der Waals surface area contributed by atoms with Gasteiger partial charge in [-0.2, -0.15) is 5.26 Å². The van der Waals surface area contributed by atoms with Crippen molar-refractivity contribution in [1.29, 1.82) is 5.26 Å². The van der Waals surface area contributed by atoms with Crippen LogP contribution in [0.5, 0.6) is 0 Å². The van der Waals surface area contributed by atoms with Gasteiger partial charge in [0.1, 0.15) is 11.6 Å². The second-order valence-electron chi connectivity index (χ2n) is 4.05. The second kappa shape index (κ2) is 7.19. The molecule has 5 heteroatoms. The number of carbonyl (C=O) groups excluding carboxylic acids is 1. The van der Waals surface area contributed by atoms with Crippen molar-refractivity contribution in [1.82, 2.24) is 5.32 Å². The molecule has 0 unspecified atom stereocenters. The van der Waals surface area contributed by atoms with Crippen molar-refractivity contribution in [2.24, 2.45) is 0 Å². The molecule has 1 aromatic carbocycles. The summed E-state index contributed by atoms with van der Waals surface area (Å²) in [6.07, 6.45) is 1.30. The van der Waals surface area contributed by atoms with Crippen LogP contribution < -0.4 is 10.6 Å². The van der Waals surface area contributed by atoms with Crippen LogP contribution in [0.2, 0.25) is 0 Å². The summed E-state index contributed by atoms with van der Waals surface area (Å²) in [4.78, 5) is 11.9. The highest BCUT2D eigenvalue weighted by atomic mass is 16.3. The van der Waals surface area contributed by atoms with Crippen molar-refractivity contribution in [3.05, 3.63) is 41.1 Å². The van der Waals surface area contributed by atoms with Crippen LogP contribution in [-0.4, -0.2) is 24.2 Å². The maximum Gasteiger partial charge on any atom is 0.267 e. The number of nitrogens with one attached hydrogen (secondary N) is 2. The van der Waals surface area contributed by atoms with Gasteiger partial charge in [-0.15, -0.1) is 0 Å². The van der Waals surface area contributed by atoms with Crippen molar-refractivity contribution < 1.29 is 9.90 Å². The average molecular weight is 259 g/mol. The summed E-state index contributed by atoms with van der Waals surface area (Å²) in [6.45, 7) is 4.09. The monoisotopic (exact) mass is 259 g/mol. The molecule has 0 saturated carbocycles. The van der Waals surface area contributed by atoms with E-state index in [-0.39, 0.29) is 12.2 Å². The summed E-state index contributed by atoms with van der Waals surface area (Å²) in [5, 5.41) is 22.9.